The van der Waals surface area contributed by atoms with E-state index >= 15 is 0 Å². The molecule has 5 nitrogen and oxygen atoms in total. The van der Waals surface area contributed by atoms with Gasteiger partial charge >= 0.3 is 0 Å². The van der Waals surface area contributed by atoms with Gasteiger partial charge in [-0.1, -0.05) is 18.5 Å². The Labute approximate surface area is 93.2 Å². The molecule has 0 aliphatic heterocycles. The average Bonchev–Trinajstić information content (AvgIpc) is 2.24. The van der Waals surface area contributed by atoms with Crippen LogP contribution in [0.1, 0.15) is 13.3 Å². The van der Waals surface area contributed by atoms with Gasteiger partial charge in [0.1, 0.15) is 5.02 Å². The van der Waals surface area contributed by atoms with Crippen molar-refractivity contribution in [3.63, 3.8) is 0 Å². The number of aromatic nitrogens is 2. The van der Waals surface area contributed by atoms with Crippen molar-refractivity contribution in [2.75, 3.05) is 25.0 Å². The fourth-order valence-corrected chi connectivity index (χ4v) is 1.25. The van der Waals surface area contributed by atoms with E-state index in [1.165, 1.54) is 6.20 Å². The lowest BCUT2D eigenvalue weighted by atomic mass is 10.4. The van der Waals surface area contributed by atoms with Gasteiger partial charge in [-0.2, -0.15) is 5.10 Å². The SMILES string of the molecule is CCCNCCNc1cn[nH]c(=O)c1Cl. The largest absolute Gasteiger partial charge is 0.381 e. The van der Waals surface area contributed by atoms with Crippen LogP contribution in [0.3, 0.4) is 0 Å². The number of H-pyrrole nitrogens is 1. The molecule has 1 aromatic heterocycles. The van der Waals surface area contributed by atoms with Crippen molar-refractivity contribution in [3.05, 3.63) is 21.6 Å². The lowest BCUT2D eigenvalue weighted by Crippen LogP contribution is -2.23. The number of aromatic amines is 1. The van der Waals surface area contributed by atoms with Gasteiger partial charge in [-0.05, 0) is 13.0 Å². The van der Waals surface area contributed by atoms with Crippen LogP contribution in [-0.4, -0.2) is 29.8 Å². The van der Waals surface area contributed by atoms with Crippen molar-refractivity contribution < 1.29 is 0 Å². The lowest BCUT2D eigenvalue weighted by Gasteiger charge is -2.07. The fourth-order valence-electron chi connectivity index (χ4n) is 1.09. The molecule has 0 saturated carbocycles. The second-order valence-corrected chi connectivity index (χ2v) is 3.48. The van der Waals surface area contributed by atoms with Crippen LogP contribution in [0.2, 0.25) is 5.02 Å². The highest BCUT2D eigenvalue weighted by atomic mass is 35.5. The van der Waals surface area contributed by atoms with Gasteiger partial charge in [0.15, 0.2) is 0 Å². The Morgan fingerprint density at radius 2 is 2.27 bits per heavy atom. The molecular formula is C9H15ClN4O. The van der Waals surface area contributed by atoms with Crippen molar-refractivity contribution in [2.24, 2.45) is 0 Å². The van der Waals surface area contributed by atoms with Crippen molar-refractivity contribution >= 4 is 17.3 Å². The number of anilines is 1. The molecule has 0 aromatic carbocycles. The zero-order valence-electron chi connectivity index (χ0n) is 8.64. The van der Waals surface area contributed by atoms with Crippen LogP contribution in [0.15, 0.2) is 11.0 Å². The van der Waals surface area contributed by atoms with Gasteiger partial charge in [-0.3, -0.25) is 4.79 Å². The lowest BCUT2D eigenvalue weighted by molar-refractivity contribution is 0.687. The molecular weight excluding hydrogens is 216 g/mol. The summed E-state index contributed by atoms with van der Waals surface area (Å²) in [4.78, 5) is 11.1. The van der Waals surface area contributed by atoms with Gasteiger partial charge in [0.05, 0.1) is 11.9 Å². The topological polar surface area (TPSA) is 69.8 Å². The Bertz CT molecular complexity index is 352. The molecule has 0 radical (unpaired) electrons. The fraction of sp³-hybridized carbons (Fsp3) is 0.556. The number of hydrogen-bond acceptors (Lipinski definition) is 4. The van der Waals surface area contributed by atoms with Crippen LogP contribution in [0, 0.1) is 0 Å². The van der Waals surface area contributed by atoms with Crippen LogP contribution >= 0.6 is 11.6 Å². The normalized spacial score (nSPS) is 10.3. The molecule has 1 heterocycles. The van der Waals surface area contributed by atoms with E-state index in [1.54, 1.807) is 0 Å². The van der Waals surface area contributed by atoms with Crippen LogP contribution in [0.4, 0.5) is 5.69 Å². The molecule has 0 atom stereocenters. The van der Waals surface area contributed by atoms with Gasteiger partial charge in [0.25, 0.3) is 5.56 Å². The summed E-state index contributed by atoms with van der Waals surface area (Å²) in [6, 6.07) is 0. The maximum atomic E-state index is 11.1. The standard InChI is InChI=1S/C9H15ClN4O/c1-2-3-11-4-5-12-7-6-13-14-9(15)8(7)10/h6,11H,2-5H2,1H3,(H2,12,14,15). The third-order valence-corrected chi connectivity index (χ3v) is 2.21. The van der Waals surface area contributed by atoms with Gasteiger partial charge in [-0.25, -0.2) is 5.10 Å². The van der Waals surface area contributed by atoms with E-state index < -0.39 is 0 Å². The zero-order valence-corrected chi connectivity index (χ0v) is 9.40. The summed E-state index contributed by atoms with van der Waals surface area (Å²) in [5.74, 6) is 0. The molecule has 0 spiro atoms. The van der Waals surface area contributed by atoms with Gasteiger partial charge in [0.2, 0.25) is 0 Å². The first-order chi connectivity index (χ1) is 7.25. The second kappa shape index (κ2) is 6.42. The van der Waals surface area contributed by atoms with Crippen LogP contribution < -0.4 is 16.2 Å². The van der Waals surface area contributed by atoms with Gasteiger partial charge < -0.3 is 10.6 Å². The highest BCUT2D eigenvalue weighted by molar-refractivity contribution is 6.32. The van der Waals surface area contributed by atoms with Crippen molar-refractivity contribution in [1.82, 2.24) is 15.5 Å². The molecule has 1 rings (SSSR count). The van der Waals surface area contributed by atoms with Crippen molar-refractivity contribution in [1.29, 1.82) is 0 Å². The van der Waals surface area contributed by atoms with E-state index in [2.05, 4.69) is 27.8 Å². The van der Waals surface area contributed by atoms with E-state index in [1.807, 2.05) is 0 Å². The molecule has 1 aromatic rings. The summed E-state index contributed by atoms with van der Waals surface area (Å²) < 4.78 is 0. The smallest absolute Gasteiger partial charge is 0.285 e. The van der Waals surface area contributed by atoms with Crippen LogP contribution in [0.5, 0.6) is 0 Å². The molecule has 0 fully saturated rings. The molecule has 0 aliphatic rings. The Morgan fingerprint density at radius 1 is 1.47 bits per heavy atom. The van der Waals surface area contributed by atoms with Crippen LogP contribution in [0.25, 0.3) is 0 Å². The first kappa shape index (κ1) is 12.0. The number of hydrogen-bond donors (Lipinski definition) is 3. The summed E-state index contributed by atoms with van der Waals surface area (Å²) in [5.41, 5.74) is 0.196. The minimum Gasteiger partial charge on any atom is -0.381 e. The number of halogens is 1. The molecule has 0 unspecified atom stereocenters. The molecule has 15 heavy (non-hydrogen) atoms. The van der Waals surface area contributed by atoms with Crippen molar-refractivity contribution in [3.8, 4) is 0 Å². The van der Waals surface area contributed by atoms with E-state index in [0.29, 0.717) is 12.2 Å². The molecule has 84 valence electrons. The van der Waals surface area contributed by atoms with E-state index in [9.17, 15) is 4.79 Å². The molecule has 0 amide bonds. The molecule has 0 saturated heterocycles. The Hall–Kier alpha value is -1.07. The quantitative estimate of drug-likeness (QED) is 0.634. The van der Waals surface area contributed by atoms with E-state index in [4.69, 9.17) is 11.6 Å². The number of rotatable bonds is 6. The average molecular weight is 231 g/mol. The third-order valence-electron chi connectivity index (χ3n) is 1.84. The second-order valence-electron chi connectivity index (χ2n) is 3.10. The first-order valence-corrected chi connectivity index (χ1v) is 5.31. The van der Waals surface area contributed by atoms with E-state index in [-0.39, 0.29) is 10.6 Å². The summed E-state index contributed by atoms with van der Waals surface area (Å²) in [6.45, 7) is 4.64. The minimum atomic E-state index is -0.372. The molecule has 0 aliphatic carbocycles. The maximum absolute atomic E-state index is 11.1. The maximum Gasteiger partial charge on any atom is 0.285 e. The number of nitrogens with zero attached hydrogens (tertiary/aromatic N) is 1. The van der Waals surface area contributed by atoms with Crippen molar-refractivity contribution in [2.45, 2.75) is 13.3 Å². The van der Waals surface area contributed by atoms with Gasteiger partial charge in [0, 0.05) is 13.1 Å². The number of nitrogens with one attached hydrogen (secondary N) is 3. The Balaban J connectivity index is 2.38. The zero-order chi connectivity index (χ0) is 11.1. The minimum absolute atomic E-state index is 0.153. The Morgan fingerprint density at radius 3 is 3.00 bits per heavy atom. The molecule has 6 heteroatoms. The highest BCUT2D eigenvalue weighted by Crippen LogP contribution is 2.13. The predicted molar refractivity (Wildman–Crippen MR) is 61.5 cm³/mol. The highest BCUT2D eigenvalue weighted by Gasteiger charge is 2.02. The van der Waals surface area contributed by atoms with Gasteiger partial charge in [-0.15, -0.1) is 0 Å². The third kappa shape index (κ3) is 3.89. The molecule has 3 N–H and O–H groups in total. The summed E-state index contributed by atoms with van der Waals surface area (Å²) in [5, 5.41) is 12.3. The monoisotopic (exact) mass is 230 g/mol. The first-order valence-electron chi connectivity index (χ1n) is 4.93. The summed E-state index contributed by atoms with van der Waals surface area (Å²) >= 11 is 5.77. The summed E-state index contributed by atoms with van der Waals surface area (Å²) in [7, 11) is 0. The van der Waals surface area contributed by atoms with Crippen LogP contribution in [-0.2, 0) is 0 Å². The molecule has 0 bridgehead atoms. The summed E-state index contributed by atoms with van der Waals surface area (Å²) in [6.07, 6.45) is 2.61. The van der Waals surface area contributed by atoms with E-state index in [0.717, 1.165) is 19.5 Å². The predicted octanol–water partition coefficient (Wildman–Crippen LogP) is 0.835. The Kier molecular flexibility index (Phi) is 5.14.